The van der Waals surface area contributed by atoms with Gasteiger partial charge in [-0.25, -0.2) is 9.37 Å². The van der Waals surface area contributed by atoms with Crippen molar-refractivity contribution in [3.8, 4) is 17.1 Å². The number of aromatic nitrogens is 5. The number of carbonyl (C=O) groups is 1. The van der Waals surface area contributed by atoms with Crippen molar-refractivity contribution in [2.75, 3.05) is 5.32 Å². The van der Waals surface area contributed by atoms with E-state index in [1.807, 2.05) is 24.3 Å². The molecule has 7 nitrogen and oxygen atoms in total. The summed E-state index contributed by atoms with van der Waals surface area (Å²) in [5.74, 6) is 1.27. The first-order valence-corrected chi connectivity index (χ1v) is 10.3. The van der Waals surface area contributed by atoms with Crippen molar-refractivity contribution in [2.24, 2.45) is 0 Å². The summed E-state index contributed by atoms with van der Waals surface area (Å²) in [6, 6.07) is 13.5. The molecule has 3 heterocycles. The second-order valence-electron chi connectivity index (χ2n) is 7.56. The Morgan fingerprint density at radius 1 is 0.968 bits per heavy atom. The maximum atomic E-state index is 13.2. The van der Waals surface area contributed by atoms with Crippen LogP contribution in [0.4, 0.5) is 10.1 Å². The minimum absolute atomic E-state index is 0.300. The summed E-state index contributed by atoms with van der Waals surface area (Å²) in [5, 5.41) is 11.6. The van der Waals surface area contributed by atoms with Crippen molar-refractivity contribution in [1.29, 1.82) is 0 Å². The van der Waals surface area contributed by atoms with Crippen LogP contribution in [0, 0.1) is 5.82 Å². The summed E-state index contributed by atoms with van der Waals surface area (Å²) in [6.07, 6.45) is 7.47. The molecule has 2 aromatic carbocycles. The molecule has 0 aliphatic carbocycles. The smallest absolute Gasteiger partial charge is 0.274 e. The largest absolute Gasteiger partial charge is 0.321 e. The molecule has 4 aromatic rings. The number of amides is 1. The molecule has 0 saturated carbocycles. The summed E-state index contributed by atoms with van der Waals surface area (Å²) in [7, 11) is 0. The van der Waals surface area contributed by atoms with Gasteiger partial charge in [-0.1, -0.05) is 6.42 Å². The summed E-state index contributed by atoms with van der Waals surface area (Å²) >= 11 is 0. The minimum atomic E-state index is -0.334. The first kappa shape index (κ1) is 19.2. The number of nitrogens with zero attached hydrogens (tertiary/aromatic N) is 5. The van der Waals surface area contributed by atoms with Crippen LogP contribution in [0.2, 0.25) is 0 Å². The van der Waals surface area contributed by atoms with Crippen LogP contribution in [0.25, 0.3) is 17.1 Å². The Bertz CT molecular complexity index is 1210. The fourth-order valence-electron chi connectivity index (χ4n) is 3.87. The molecule has 0 spiro atoms. The Morgan fingerprint density at radius 2 is 1.77 bits per heavy atom. The van der Waals surface area contributed by atoms with E-state index in [1.54, 1.807) is 16.7 Å². The number of rotatable bonds is 4. The summed E-state index contributed by atoms with van der Waals surface area (Å²) < 4.78 is 17.0. The van der Waals surface area contributed by atoms with Gasteiger partial charge in [0.1, 0.15) is 17.3 Å². The minimum Gasteiger partial charge on any atom is -0.321 e. The highest BCUT2D eigenvalue weighted by molar-refractivity contribution is 6.03. The van der Waals surface area contributed by atoms with Gasteiger partial charge in [-0.2, -0.15) is 0 Å². The molecule has 0 radical (unpaired) electrons. The van der Waals surface area contributed by atoms with E-state index < -0.39 is 0 Å². The molecule has 0 saturated heterocycles. The van der Waals surface area contributed by atoms with Crippen LogP contribution in [-0.2, 0) is 13.0 Å². The zero-order valence-electron chi connectivity index (χ0n) is 16.8. The summed E-state index contributed by atoms with van der Waals surface area (Å²) in [5.41, 5.74) is 2.65. The number of hydrogen-bond donors (Lipinski definition) is 1. The van der Waals surface area contributed by atoms with E-state index in [-0.39, 0.29) is 11.7 Å². The van der Waals surface area contributed by atoms with Crippen molar-refractivity contribution in [2.45, 2.75) is 32.2 Å². The van der Waals surface area contributed by atoms with Crippen molar-refractivity contribution in [1.82, 2.24) is 24.3 Å². The molecule has 0 fully saturated rings. The molecule has 1 aliphatic rings. The van der Waals surface area contributed by atoms with E-state index in [0.717, 1.165) is 43.0 Å². The van der Waals surface area contributed by atoms with Crippen LogP contribution >= 0.6 is 0 Å². The first-order chi connectivity index (χ1) is 15.2. The van der Waals surface area contributed by atoms with Gasteiger partial charge in [-0.15, -0.1) is 10.2 Å². The zero-order chi connectivity index (χ0) is 21.2. The lowest BCUT2D eigenvalue weighted by atomic mass is 10.2. The average molecular weight is 416 g/mol. The van der Waals surface area contributed by atoms with Crippen LogP contribution in [0.3, 0.4) is 0 Å². The van der Waals surface area contributed by atoms with Gasteiger partial charge >= 0.3 is 0 Å². The molecule has 2 aromatic heterocycles. The van der Waals surface area contributed by atoms with Crippen LogP contribution in [0.1, 0.15) is 35.6 Å². The van der Waals surface area contributed by atoms with Crippen LogP contribution in [0.5, 0.6) is 0 Å². The van der Waals surface area contributed by atoms with Gasteiger partial charge in [0.15, 0.2) is 5.82 Å². The molecule has 0 unspecified atom stereocenters. The lowest BCUT2D eigenvalue weighted by Gasteiger charge is -2.10. The molecule has 156 valence electrons. The van der Waals surface area contributed by atoms with Gasteiger partial charge < -0.3 is 9.88 Å². The number of nitrogens with one attached hydrogen (secondary N) is 1. The molecule has 8 heteroatoms. The molecule has 31 heavy (non-hydrogen) atoms. The molecule has 5 rings (SSSR count). The zero-order valence-corrected chi connectivity index (χ0v) is 16.8. The Hall–Kier alpha value is -3.81. The standard InChI is InChI=1S/C23H21FN6O/c24-17-7-11-19(12-8-17)30-15-25-14-20(30)23(31)26-18-9-5-16(6-10-18)22-28-27-21-4-2-1-3-13-29(21)22/h5-12,14-15H,1-4,13H2,(H,26,31). The van der Waals surface area contributed by atoms with E-state index in [4.69, 9.17) is 0 Å². The number of aryl methyl sites for hydroxylation is 1. The molecule has 0 atom stereocenters. The number of imidazole rings is 1. The van der Waals surface area contributed by atoms with Gasteiger partial charge in [0.25, 0.3) is 5.91 Å². The van der Waals surface area contributed by atoms with Crippen LogP contribution in [-0.4, -0.2) is 30.2 Å². The first-order valence-electron chi connectivity index (χ1n) is 10.3. The van der Waals surface area contributed by atoms with Gasteiger partial charge in [-0.05, 0) is 61.4 Å². The maximum Gasteiger partial charge on any atom is 0.274 e. The molecule has 1 amide bonds. The van der Waals surface area contributed by atoms with Crippen LogP contribution in [0.15, 0.2) is 61.1 Å². The number of carbonyl (C=O) groups excluding carboxylic acids is 1. The fraction of sp³-hybridized carbons (Fsp3) is 0.217. The monoisotopic (exact) mass is 416 g/mol. The highest BCUT2D eigenvalue weighted by Crippen LogP contribution is 2.24. The molecular weight excluding hydrogens is 395 g/mol. The van der Waals surface area contributed by atoms with Crippen molar-refractivity contribution < 1.29 is 9.18 Å². The summed E-state index contributed by atoms with van der Waals surface area (Å²) in [4.78, 5) is 16.9. The Labute approximate surface area is 178 Å². The third-order valence-corrected chi connectivity index (χ3v) is 5.49. The Morgan fingerprint density at radius 3 is 2.58 bits per heavy atom. The molecule has 0 bridgehead atoms. The number of fused-ring (bicyclic) bond motifs is 1. The number of anilines is 1. The predicted molar refractivity (Wildman–Crippen MR) is 114 cm³/mol. The average Bonchev–Trinajstić information content (AvgIpc) is 3.37. The van der Waals surface area contributed by atoms with Gasteiger partial charge in [0, 0.05) is 29.9 Å². The van der Waals surface area contributed by atoms with Crippen molar-refractivity contribution in [3.63, 3.8) is 0 Å². The second-order valence-corrected chi connectivity index (χ2v) is 7.56. The fourth-order valence-corrected chi connectivity index (χ4v) is 3.87. The van der Waals surface area contributed by atoms with Crippen molar-refractivity contribution >= 4 is 11.6 Å². The summed E-state index contributed by atoms with van der Waals surface area (Å²) in [6.45, 7) is 0.934. The number of halogens is 1. The Kier molecular flexibility index (Phi) is 5.03. The Balaban J connectivity index is 1.34. The third kappa shape index (κ3) is 3.84. The van der Waals surface area contributed by atoms with Crippen LogP contribution < -0.4 is 5.32 Å². The predicted octanol–water partition coefficient (Wildman–Crippen LogP) is 4.25. The van der Waals surface area contributed by atoms with E-state index in [0.29, 0.717) is 17.1 Å². The molecule has 1 aliphatic heterocycles. The molecular formula is C23H21FN6O. The normalized spacial score (nSPS) is 13.5. The lowest BCUT2D eigenvalue weighted by molar-refractivity contribution is 0.102. The third-order valence-electron chi connectivity index (χ3n) is 5.49. The van der Waals surface area contributed by atoms with E-state index in [2.05, 4.69) is 25.1 Å². The van der Waals surface area contributed by atoms with E-state index >= 15 is 0 Å². The maximum absolute atomic E-state index is 13.2. The van der Waals surface area contributed by atoms with Gasteiger partial charge in [-0.3, -0.25) is 9.36 Å². The SMILES string of the molecule is O=C(Nc1ccc(-c2nnc3n2CCCCC3)cc1)c1cncn1-c1ccc(F)cc1. The van der Waals surface area contributed by atoms with Gasteiger partial charge in [0.2, 0.25) is 0 Å². The second kappa shape index (κ2) is 8.14. The number of benzene rings is 2. The van der Waals surface area contributed by atoms with E-state index in [9.17, 15) is 9.18 Å². The molecule has 1 N–H and O–H groups in total. The lowest BCUT2D eigenvalue weighted by Crippen LogP contribution is -2.16. The van der Waals surface area contributed by atoms with Gasteiger partial charge in [0.05, 0.1) is 12.5 Å². The van der Waals surface area contributed by atoms with Crippen molar-refractivity contribution in [3.05, 3.63) is 78.4 Å². The highest BCUT2D eigenvalue weighted by atomic mass is 19.1. The quantitative estimate of drug-likeness (QED) is 0.540. The number of hydrogen-bond acceptors (Lipinski definition) is 4. The highest BCUT2D eigenvalue weighted by Gasteiger charge is 2.17. The topological polar surface area (TPSA) is 77.6 Å². The van der Waals surface area contributed by atoms with E-state index in [1.165, 1.54) is 31.1 Å².